The molecule has 1 aliphatic heterocycles. The summed E-state index contributed by atoms with van der Waals surface area (Å²) in [6.45, 7) is 4.72. The Kier molecular flexibility index (Phi) is 3.24. The number of hydrogen-bond acceptors (Lipinski definition) is 3. The normalized spacial score (nSPS) is 20.8. The number of nitrogens with zero attached hydrogens (tertiary/aromatic N) is 1. The molecular weight excluding hydrogens is 204 g/mol. The SMILES string of the molecule is Cc1n[nH]c(C)c1NC(=O)[C@H]1CCCCN1. The lowest BCUT2D eigenvalue weighted by Crippen LogP contribution is -2.43. The average molecular weight is 222 g/mol. The minimum Gasteiger partial charge on any atom is -0.322 e. The van der Waals surface area contributed by atoms with Gasteiger partial charge >= 0.3 is 0 Å². The summed E-state index contributed by atoms with van der Waals surface area (Å²) in [6.07, 6.45) is 3.20. The molecule has 2 rings (SSSR count). The molecule has 0 bridgehead atoms. The number of hydrogen-bond donors (Lipinski definition) is 3. The Morgan fingerprint density at radius 2 is 2.25 bits per heavy atom. The molecule has 1 saturated heterocycles. The van der Waals surface area contributed by atoms with Gasteiger partial charge in [-0.1, -0.05) is 6.42 Å². The number of aryl methyl sites for hydroxylation is 2. The molecule has 5 nitrogen and oxygen atoms in total. The zero-order valence-electron chi connectivity index (χ0n) is 9.76. The highest BCUT2D eigenvalue weighted by Crippen LogP contribution is 2.17. The zero-order valence-corrected chi connectivity index (χ0v) is 9.76. The monoisotopic (exact) mass is 222 g/mol. The summed E-state index contributed by atoms with van der Waals surface area (Å²) in [5.41, 5.74) is 2.56. The number of rotatable bonds is 2. The van der Waals surface area contributed by atoms with E-state index in [2.05, 4.69) is 20.8 Å². The Bertz CT molecular complexity index is 360. The van der Waals surface area contributed by atoms with Gasteiger partial charge in [-0.05, 0) is 33.2 Å². The lowest BCUT2D eigenvalue weighted by molar-refractivity contribution is -0.118. The summed E-state index contributed by atoms with van der Waals surface area (Å²) in [6, 6.07) is -0.0533. The summed E-state index contributed by atoms with van der Waals surface area (Å²) < 4.78 is 0. The molecule has 0 aromatic carbocycles. The minimum atomic E-state index is -0.0533. The first-order valence-electron chi connectivity index (χ1n) is 5.74. The minimum absolute atomic E-state index is 0.0484. The van der Waals surface area contributed by atoms with Crippen molar-refractivity contribution in [2.75, 3.05) is 11.9 Å². The molecule has 3 N–H and O–H groups in total. The fourth-order valence-electron chi connectivity index (χ4n) is 2.02. The summed E-state index contributed by atoms with van der Waals surface area (Å²) in [5, 5.41) is 13.1. The van der Waals surface area contributed by atoms with Gasteiger partial charge in [0.1, 0.15) is 0 Å². The summed E-state index contributed by atoms with van der Waals surface area (Å²) in [7, 11) is 0. The van der Waals surface area contributed by atoms with E-state index in [1.54, 1.807) is 0 Å². The van der Waals surface area contributed by atoms with E-state index in [9.17, 15) is 4.79 Å². The van der Waals surface area contributed by atoms with E-state index in [0.29, 0.717) is 0 Å². The van der Waals surface area contributed by atoms with Crippen LogP contribution in [-0.4, -0.2) is 28.7 Å². The van der Waals surface area contributed by atoms with Crippen molar-refractivity contribution in [1.82, 2.24) is 15.5 Å². The van der Waals surface area contributed by atoms with Gasteiger partial charge in [-0.25, -0.2) is 0 Å². The second-order valence-electron chi connectivity index (χ2n) is 4.30. The molecule has 1 aromatic rings. The summed E-state index contributed by atoms with van der Waals surface area (Å²) in [4.78, 5) is 12.0. The number of carbonyl (C=O) groups excluding carboxylic acids is 1. The van der Waals surface area contributed by atoms with Crippen LogP contribution >= 0.6 is 0 Å². The van der Waals surface area contributed by atoms with Gasteiger partial charge in [0.05, 0.1) is 23.1 Å². The molecule has 1 fully saturated rings. The van der Waals surface area contributed by atoms with E-state index >= 15 is 0 Å². The van der Waals surface area contributed by atoms with E-state index in [1.165, 1.54) is 0 Å². The van der Waals surface area contributed by atoms with E-state index in [4.69, 9.17) is 0 Å². The van der Waals surface area contributed by atoms with Crippen molar-refractivity contribution in [2.45, 2.75) is 39.2 Å². The predicted octanol–water partition coefficient (Wildman–Crippen LogP) is 1.11. The van der Waals surface area contributed by atoms with Crippen molar-refractivity contribution in [1.29, 1.82) is 0 Å². The van der Waals surface area contributed by atoms with Gasteiger partial charge in [0, 0.05) is 0 Å². The fourth-order valence-corrected chi connectivity index (χ4v) is 2.02. The van der Waals surface area contributed by atoms with Gasteiger partial charge in [-0.3, -0.25) is 9.89 Å². The standard InChI is InChI=1S/C11H18N4O/c1-7-10(8(2)15-14-7)13-11(16)9-5-3-4-6-12-9/h9,12H,3-6H2,1-2H3,(H,13,16)(H,14,15)/t9-/m1/s1. The number of aromatic nitrogens is 2. The Morgan fingerprint density at radius 1 is 1.44 bits per heavy atom. The van der Waals surface area contributed by atoms with Gasteiger partial charge in [-0.15, -0.1) is 0 Å². The summed E-state index contributed by atoms with van der Waals surface area (Å²) >= 11 is 0. The van der Waals surface area contributed by atoms with Crippen LogP contribution in [0.1, 0.15) is 30.7 Å². The number of anilines is 1. The summed E-state index contributed by atoms with van der Waals surface area (Å²) in [5.74, 6) is 0.0484. The van der Waals surface area contributed by atoms with Crippen LogP contribution < -0.4 is 10.6 Å². The Morgan fingerprint density at radius 3 is 2.81 bits per heavy atom. The van der Waals surface area contributed by atoms with Crippen LogP contribution in [0, 0.1) is 13.8 Å². The van der Waals surface area contributed by atoms with E-state index in [0.717, 1.165) is 42.9 Å². The van der Waals surface area contributed by atoms with Gasteiger partial charge in [0.2, 0.25) is 5.91 Å². The lowest BCUT2D eigenvalue weighted by atomic mass is 10.0. The molecule has 0 saturated carbocycles. The molecule has 88 valence electrons. The number of amides is 1. The van der Waals surface area contributed by atoms with Crippen molar-refractivity contribution in [3.05, 3.63) is 11.4 Å². The Labute approximate surface area is 95.0 Å². The number of H-pyrrole nitrogens is 1. The first-order valence-corrected chi connectivity index (χ1v) is 5.74. The van der Waals surface area contributed by atoms with Crippen molar-refractivity contribution in [2.24, 2.45) is 0 Å². The molecule has 1 aromatic heterocycles. The van der Waals surface area contributed by atoms with Crippen molar-refractivity contribution in [3.63, 3.8) is 0 Å². The number of nitrogens with one attached hydrogen (secondary N) is 3. The third-order valence-corrected chi connectivity index (χ3v) is 3.00. The Hall–Kier alpha value is -1.36. The highest BCUT2D eigenvalue weighted by Gasteiger charge is 2.21. The van der Waals surface area contributed by atoms with E-state index in [1.807, 2.05) is 13.8 Å². The molecule has 16 heavy (non-hydrogen) atoms. The van der Waals surface area contributed by atoms with Crippen molar-refractivity contribution in [3.8, 4) is 0 Å². The fraction of sp³-hybridized carbons (Fsp3) is 0.636. The van der Waals surface area contributed by atoms with Gasteiger partial charge in [0.15, 0.2) is 0 Å². The molecule has 0 aliphatic carbocycles. The average Bonchev–Trinajstić information content (AvgIpc) is 2.62. The van der Waals surface area contributed by atoms with Crippen LogP contribution in [-0.2, 0) is 4.79 Å². The molecule has 0 spiro atoms. The molecule has 0 unspecified atom stereocenters. The van der Waals surface area contributed by atoms with Crippen LogP contribution in [0.5, 0.6) is 0 Å². The largest absolute Gasteiger partial charge is 0.322 e. The first kappa shape index (κ1) is 11.1. The van der Waals surface area contributed by atoms with Crippen LogP contribution in [0.15, 0.2) is 0 Å². The molecule has 2 heterocycles. The number of carbonyl (C=O) groups is 1. The molecule has 1 amide bonds. The molecule has 5 heteroatoms. The van der Waals surface area contributed by atoms with Crippen molar-refractivity contribution < 1.29 is 4.79 Å². The van der Waals surface area contributed by atoms with Crippen LogP contribution in [0.25, 0.3) is 0 Å². The van der Waals surface area contributed by atoms with Crippen LogP contribution in [0.3, 0.4) is 0 Å². The zero-order chi connectivity index (χ0) is 11.5. The molecule has 1 atom stereocenters. The van der Waals surface area contributed by atoms with E-state index in [-0.39, 0.29) is 11.9 Å². The lowest BCUT2D eigenvalue weighted by Gasteiger charge is -2.22. The maximum atomic E-state index is 12.0. The van der Waals surface area contributed by atoms with Gasteiger partial charge in [0.25, 0.3) is 0 Å². The molecule has 0 radical (unpaired) electrons. The third-order valence-electron chi connectivity index (χ3n) is 3.00. The first-order chi connectivity index (χ1) is 7.68. The predicted molar refractivity (Wildman–Crippen MR) is 62.3 cm³/mol. The van der Waals surface area contributed by atoms with Crippen LogP contribution in [0.2, 0.25) is 0 Å². The van der Waals surface area contributed by atoms with Gasteiger partial charge in [-0.2, -0.15) is 5.10 Å². The van der Waals surface area contributed by atoms with Gasteiger partial charge < -0.3 is 10.6 Å². The smallest absolute Gasteiger partial charge is 0.241 e. The highest BCUT2D eigenvalue weighted by molar-refractivity contribution is 5.95. The molecular formula is C11H18N4O. The highest BCUT2D eigenvalue weighted by atomic mass is 16.2. The quantitative estimate of drug-likeness (QED) is 0.702. The number of piperidine rings is 1. The molecule has 1 aliphatic rings. The number of aromatic amines is 1. The third kappa shape index (κ3) is 2.24. The van der Waals surface area contributed by atoms with E-state index < -0.39 is 0 Å². The van der Waals surface area contributed by atoms with Crippen molar-refractivity contribution >= 4 is 11.6 Å². The Balaban J connectivity index is 2.01. The second kappa shape index (κ2) is 4.65. The maximum absolute atomic E-state index is 12.0. The maximum Gasteiger partial charge on any atom is 0.241 e. The topological polar surface area (TPSA) is 69.8 Å². The second-order valence-corrected chi connectivity index (χ2v) is 4.30. The van der Waals surface area contributed by atoms with Crippen LogP contribution in [0.4, 0.5) is 5.69 Å².